The highest BCUT2D eigenvalue weighted by Crippen LogP contribution is 2.46. The molecule has 0 radical (unpaired) electrons. The van der Waals surface area contributed by atoms with E-state index in [1.807, 2.05) is 36.4 Å². The Morgan fingerprint density at radius 1 is 0.935 bits per heavy atom. The van der Waals surface area contributed by atoms with Crippen LogP contribution in [0.25, 0.3) is 22.6 Å². The lowest BCUT2D eigenvalue weighted by Crippen LogP contribution is -2.29. The zero-order valence-corrected chi connectivity index (χ0v) is 28.1. The number of para-hydroxylation sites is 1. The van der Waals surface area contributed by atoms with E-state index in [9.17, 15) is 9.59 Å². The summed E-state index contributed by atoms with van der Waals surface area (Å²) in [5.41, 5.74) is 4.68. The van der Waals surface area contributed by atoms with E-state index in [4.69, 9.17) is 47.1 Å². The van der Waals surface area contributed by atoms with Crippen molar-refractivity contribution in [2.45, 2.75) is 33.6 Å². The Morgan fingerprint density at radius 2 is 1.59 bits per heavy atom. The van der Waals surface area contributed by atoms with Gasteiger partial charge in [-0.2, -0.15) is 0 Å². The van der Waals surface area contributed by atoms with Crippen LogP contribution in [0.2, 0.25) is 10.0 Å². The van der Waals surface area contributed by atoms with Gasteiger partial charge in [0.15, 0.2) is 18.1 Å². The monoisotopic (exact) mass is 662 g/mol. The molecule has 1 N–H and O–H groups in total. The molecule has 5 rings (SSSR count). The van der Waals surface area contributed by atoms with E-state index in [-0.39, 0.29) is 11.3 Å². The van der Waals surface area contributed by atoms with Gasteiger partial charge in [0.25, 0.3) is 5.91 Å². The van der Waals surface area contributed by atoms with Crippen molar-refractivity contribution >= 4 is 63.3 Å². The summed E-state index contributed by atoms with van der Waals surface area (Å²) in [5.74, 6) is 0.627. The molecule has 3 aromatic carbocycles. The van der Waals surface area contributed by atoms with Crippen LogP contribution in [-0.4, -0.2) is 44.8 Å². The van der Waals surface area contributed by atoms with Gasteiger partial charge in [-0.05, 0) is 83.3 Å². The molecule has 4 aromatic rings. The highest BCUT2D eigenvalue weighted by molar-refractivity contribution is 6.35. The van der Waals surface area contributed by atoms with Crippen molar-refractivity contribution in [3.05, 3.63) is 87.0 Å². The standard InChI is InChI=1S/C36H36Cl2N2O6/c1-36(2,3)22-14-21(11-20-12-29(43-4)34(45-6)30(13-20)44-5)33-27(15-22)32(26-9-7-8-10-28(26)40-33)35(42)46-19-31(41)39-25-17-23(37)16-24(38)18-25/h7-13,16-18,22H,14-15,19H2,1-6H3,(H,39,41)/b21-11-. The van der Waals surface area contributed by atoms with Crippen molar-refractivity contribution in [1.29, 1.82) is 0 Å². The third kappa shape index (κ3) is 7.08. The molecule has 1 heterocycles. The Bertz CT molecular complexity index is 1800. The van der Waals surface area contributed by atoms with Crippen molar-refractivity contribution in [3.63, 3.8) is 0 Å². The number of methoxy groups -OCH3 is 3. The van der Waals surface area contributed by atoms with Gasteiger partial charge in [0, 0.05) is 21.1 Å². The van der Waals surface area contributed by atoms with Crippen molar-refractivity contribution < 1.29 is 28.5 Å². The van der Waals surface area contributed by atoms with Crippen LogP contribution >= 0.6 is 23.2 Å². The summed E-state index contributed by atoms with van der Waals surface area (Å²) in [6, 6.07) is 15.9. The molecule has 0 aliphatic heterocycles. The third-order valence-electron chi connectivity index (χ3n) is 8.15. The van der Waals surface area contributed by atoms with Gasteiger partial charge in [0.1, 0.15) is 0 Å². The number of nitrogens with zero attached hydrogens (tertiary/aromatic N) is 1. The molecule has 8 nitrogen and oxygen atoms in total. The molecule has 240 valence electrons. The van der Waals surface area contributed by atoms with Gasteiger partial charge in [0.05, 0.1) is 38.1 Å². The Labute approximate surface area is 278 Å². The molecule has 1 unspecified atom stereocenters. The maximum absolute atomic E-state index is 13.9. The minimum absolute atomic E-state index is 0.0863. The molecule has 0 fully saturated rings. The number of nitrogens with one attached hydrogen (secondary N) is 1. The lowest BCUT2D eigenvalue weighted by atomic mass is 9.69. The van der Waals surface area contributed by atoms with Gasteiger partial charge in [-0.25, -0.2) is 9.78 Å². The number of pyridine rings is 1. The number of benzene rings is 3. The second kappa shape index (κ2) is 13.6. The summed E-state index contributed by atoms with van der Waals surface area (Å²) in [7, 11) is 4.72. The highest BCUT2D eigenvalue weighted by Gasteiger charge is 2.35. The normalized spacial score (nSPS) is 15.3. The summed E-state index contributed by atoms with van der Waals surface area (Å²) in [4.78, 5) is 31.8. The first-order chi connectivity index (χ1) is 21.9. The van der Waals surface area contributed by atoms with Gasteiger partial charge in [0.2, 0.25) is 5.75 Å². The molecule has 1 aliphatic rings. The van der Waals surface area contributed by atoms with Crippen molar-refractivity contribution in [2.75, 3.05) is 33.3 Å². The van der Waals surface area contributed by atoms with E-state index < -0.39 is 18.5 Å². The number of amides is 1. The van der Waals surface area contributed by atoms with Crippen LogP contribution < -0.4 is 19.5 Å². The van der Waals surface area contributed by atoms with Crippen LogP contribution in [-0.2, 0) is 16.0 Å². The van der Waals surface area contributed by atoms with E-state index in [1.165, 1.54) is 0 Å². The zero-order chi connectivity index (χ0) is 33.2. The van der Waals surface area contributed by atoms with Gasteiger partial charge in [-0.15, -0.1) is 0 Å². The smallest absolute Gasteiger partial charge is 0.339 e. The van der Waals surface area contributed by atoms with Crippen LogP contribution in [0.3, 0.4) is 0 Å². The maximum Gasteiger partial charge on any atom is 0.339 e. The minimum Gasteiger partial charge on any atom is -0.493 e. The third-order valence-corrected chi connectivity index (χ3v) is 8.59. The molecular weight excluding hydrogens is 627 g/mol. The fourth-order valence-corrected chi connectivity index (χ4v) is 6.31. The van der Waals surface area contributed by atoms with Gasteiger partial charge < -0.3 is 24.3 Å². The number of fused-ring (bicyclic) bond motifs is 2. The van der Waals surface area contributed by atoms with E-state index >= 15 is 0 Å². The number of carbonyl (C=O) groups excluding carboxylic acids is 2. The molecule has 10 heteroatoms. The Balaban J connectivity index is 1.58. The lowest BCUT2D eigenvalue weighted by Gasteiger charge is -2.36. The number of rotatable bonds is 8. The average Bonchev–Trinajstić information content (AvgIpc) is 3.01. The Hall–Kier alpha value is -4.27. The first-order valence-corrected chi connectivity index (χ1v) is 15.5. The van der Waals surface area contributed by atoms with Gasteiger partial charge >= 0.3 is 5.97 Å². The number of anilines is 1. The number of carbonyl (C=O) groups is 2. The van der Waals surface area contributed by atoms with Crippen LogP contribution in [0.4, 0.5) is 5.69 Å². The number of esters is 1. The van der Waals surface area contributed by atoms with E-state index in [0.717, 1.165) is 28.8 Å². The summed E-state index contributed by atoms with van der Waals surface area (Å²) in [5, 5.41) is 4.09. The fourth-order valence-electron chi connectivity index (χ4n) is 5.78. The summed E-state index contributed by atoms with van der Waals surface area (Å²) < 4.78 is 22.4. The average molecular weight is 664 g/mol. The second-order valence-electron chi connectivity index (χ2n) is 12.2. The maximum atomic E-state index is 13.9. The molecule has 1 amide bonds. The molecule has 1 atom stereocenters. The second-order valence-corrected chi connectivity index (χ2v) is 13.1. The predicted octanol–water partition coefficient (Wildman–Crippen LogP) is 8.51. The van der Waals surface area contributed by atoms with Gasteiger partial charge in [-0.3, -0.25) is 4.79 Å². The molecule has 0 saturated carbocycles. The number of aromatic nitrogens is 1. The SMILES string of the molecule is COc1cc(/C=C2/CC(C(C)(C)C)Cc3c2nc2ccccc2c3C(=O)OCC(=O)Nc2cc(Cl)cc(Cl)c2)cc(OC)c1OC. The number of allylic oxidation sites excluding steroid dienone is 1. The van der Waals surface area contributed by atoms with Crippen LogP contribution in [0.5, 0.6) is 17.2 Å². The fraction of sp³-hybridized carbons (Fsp3) is 0.306. The van der Waals surface area contributed by atoms with E-state index in [2.05, 4.69) is 32.2 Å². The van der Waals surface area contributed by atoms with E-state index in [0.29, 0.717) is 55.9 Å². The highest BCUT2D eigenvalue weighted by atomic mass is 35.5. The van der Waals surface area contributed by atoms with Crippen molar-refractivity contribution in [1.82, 2.24) is 4.98 Å². The quantitative estimate of drug-likeness (QED) is 0.189. The van der Waals surface area contributed by atoms with E-state index in [1.54, 1.807) is 39.5 Å². The zero-order valence-electron chi connectivity index (χ0n) is 26.6. The summed E-state index contributed by atoms with van der Waals surface area (Å²) >= 11 is 12.1. The molecule has 46 heavy (non-hydrogen) atoms. The summed E-state index contributed by atoms with van der Waals surface area (Å²) in [6.07, 6.45) is 3.40. The minimum atomic E-state index is -0.601. The molecule has 0 spiro atoms. The number of hydrogen-bond donors (Lipinski definition) is 1. The first-order valence-electron chi connectivity index (χ1n) is 14.8. The number of halogens is 2. The van der Waals surface area contributed by atoms with Gasteiger partial charge in [-0.1, -0.05) is 62.2 Å². The predicted molar refractivity (Wildman–Crippen MR) is 182 cm³/mol. The molecule has 0 bridgehead atoms. The number of ether oxygens (including phenoxy) is 4. The van der Waals surface area contributed by atoms with Crippen LogP contribution in [0.1, 0.15) is 54.4 Å². The van der Waals surface area contributed by atoms with Crippen molar-refractivity contribution in [2.24, 2.45) is 11.3 Å². The topological polar surface area (TPSA) is 96.0 Å². The number of hydrogen-bond acceptors (Lipinski definition) is 7. The van der Waals surface area contributed by atoms with Crippen LogP contribution in [0, 0.1) is 11.3 Å². The Kier molecular flexibility index (Phi) is 9.79. The Morgan fingerprint density at radius 3 is 2.20 bits per heavy atom. The lowest BCUT2D eigenvalue weighted by molar-refractivity contribution is -0.119. The molecular formula is C36H36Cl2N2O6. The molecule has 1 aliphatic carbocycles. The first kappa shape index (κ1) is 33.1. The largest absolute Gasteiger partial charge is 0.493 e. The summed E-state index contributed by atoms with van der Waals surface area (Å²) in [6.45, 7) is 6.08. The van der Waals surface area contributed by atoms with Crippen LogP contribution in [0.15, 0.2) is 54.6 Å². The van der Waals surface area contributed by atoms with Crippen molar-refractivity contribution in [3.8, 4) is 17.2 Å². The molecule has 0 saturated heterocycles. The molecule has 1 aromatic heterocycles.